The van der Waals surface area contributed by atoms with Crippen molar-refractivity contribution in [1.82, 2.24) is 10.6 Å². The Kier molecular flexibility index (Phi) is 7.55. The molecule has 0 aliphatic rings. The minimum absolute atomic E-state index is 0.143. The van der Waals surface area contributed by atoms with Crippen LogP contribution >= 0.6 is 0 Å². The molecule has 0 saturated heterocycles. The second kappa shape index (κ2) is 9.88. The third-order valence-electron chi connectivity index (χ3n) is 4.29. The number of nitrogens with one attached hydrogen (secondary N) is 2. The highest BCUT2D eigenvalue weighted by Gasteiger charge is 2.30. The number of nitrogens with zero attached hydrogens (tertiary/aromatic N) is 1. The second-order valence-electron chi connectivity index (χ2n) is 6.54. The third-order valence-corrected chi connectivity index (χ3v) is 6.41. The molecule has 1 atom stereocenters. The first-order valence-electron chi connectivity index (χ1n) is 9.00. The van der Waals surface area contributed by atoms with Gasteiger partial charge in [-0.05, 0) is 29.8 Å². The fraction of sp³-hybridized carbons (Fsp3) is 0.238. The number of carbonyl (C=O) groups is 2. The molecule has 0 aromatic heterocycles. The number of rotatable bonds is 8. The number of hydrogen-bond donors (Lipinski definition) is 2. The minimum atomic E-state index is -3.80. The molecule has 0 saturated carbocycles. The van der Waals surface area contributed by atoms with Crippen molar-refractivity contribution >= 4 is 27.3 Å². The number of benzene rings is 2. The highest BCUT2D eigenvalue weighted by atomic mass is 32.2. The van der Waals surface area contributed by atoms with E-state index >= 15 is 0 Å². The number of amides is 2. The van der Waals surface area contributed by atoms with E-state index in [-0.39, 0.29) is 18.0 Å². The van der Waals surface area contributed by atoms with Crippen LogP contribution in [-0.4, -0.2) is 47.4 Å². The highest BCUT2D eigenvalue weighted by molar-refractivity contribution is 7.91. The molecule has 0 aliphatic carbocycles. The zero-order chi connectivity index (χ0) is 21.4. The molecular formula is C21H25N3O4S. The summed E-state index contributed by atoms with van der Waals surface area (Å²) in [7, 11) is -0.0333. The second-order valence-corrected chi connectivity index (χ2v) is 8.67. The zero-order valence-electron chi connectivity index (χ0n) is 16.5. The first-order chi connectivity index (χ1) is 13.8. The molecule has 2 aromatic carbocycles. The molecule has 0 fully saturated rings. The van der Waals surface area contributed by atoms with Gasteiger partial charge in [-0.15, -0.1) is 6.58 Å². The third kappa shape index (κ3) is 5.68. The van der Waals surface area contributed by atoms with Gasteiger partial charge < -0.3 is 15.5 Å². The van der Waals surface area contributed by atoms with Crippen LogP contribution in [0.2, 0.25) is 0 Å². The Morgan fingerprint density at radius 3 is 2.14 bits per heavy atom. The summed E-state index contributed by atoms with van der Waals surface area (Å²) in [6.45, 7) is 3.37. The summed E-state index contributed by atoms with van der Waals surface area (Å²) in [5.41, 5.74) is 1.43. The Labute approximate surface area is 171 Å². The molecule has 0 radical (unpaired) electrons. The fourth-order valence-electron chi connectivity index (χ4n) is 2.68. The maximum Gasteiger partial charge on any atom is 0.309 e. The van der Waals surface area contributed by atoms with Crippen LogP contribution in [0.4, 0.5) is 5.69 Å². The van der Waals surface area contributed by atoms with Crippen molar-refractivity contribution < 1.29 is 18.0 Å². The van der Waals surface area contributed by atoms with Crippen LogP contribution in [0.25, 0.3) is 0 Å². The highest BCUT2D eigenvalue weighted by Crippen LogP contribution is 2.29. The van der Waals surface area contributed by atoms with Crippen LogP contribution in [0.3, 0.4) is 0 Å². The van der Waals surface area contributed by atoms with E-state index in [0.717, 1.165) is 5.69 Å². The average Bonchev–Trinajstić information content (AvgIpc) is 2.72. The fourth-order valence-corrected chi connectivity index (χ4v) is 4.36. The van der Waals surface area contributed by atoms with E-state index in [4.69, 9.17) is 0 Å². The van der Waals surface area contributed by atoms with Gasteiger partial charge in [-0.2, -0.15) is 0 Å². The molecule has 0 unspecified atom stereocenters. The van der Waals surface area contributed by atoms with E-state index in [9.17, 15) is 18.0 Å². The maximum atomic E-state index is 13.2. The summed E-state index contributed by atoms with van der Waals surface area (Å²) < 4.78 is 26.5. The SMILES string of the molecule is C=CCNC(=O)C(=O)NC[C@H](c1ccc(N(C)C)cc1)S(=O)(=O)c1ccccc1. The monoisotopic (exact) mass is 415 g/mol. The molecule has 2 N–H and O–H groups in total. The van der Waals surface area contributed by atoms with Gasteiger partial charge in [0.1, 0.15) is 5.25 Å². The van der Waals surface area contributed by atoms with Crippen LogP contribution in [0.15, 0.2) is 72.1 Å². The van der Waals surface area contributed by atoms with Crippen molar-refractivity contribution in [2.75, 3.05) is 32.1 Å². The lowest BCUT2D eigenvalue weighted by atomic mass is 10.1. The van der Waals surface area contributed by atoms with Crippen molar-refractivity contribution in [2.24, 2.45) is 0 Å². The topological polar surface area (TPSA) is 95.6 Å². The molecule has 7 nitrogen and oxygen atoms in total. The van der Waals surface area contributed by atoms with Gasteiger partial charge in [-0.3, -0.25) is 9.59 Å². The largest absolute Gasteiger partial charge is 0.378 e. The summed E-state index contributed by atoms with van der Waals surface area (Å²) in [5.74, 6) is -1.74. The van der Waals surface area contributed by atoms with Crippen LogP contribution < -0.4 is 15.5 Å². The van der Waals surface area contributed by atoms with E-state index in [2.05, 4.69) is 17.2 Å². The van der Waals surface area contributed by atoms with Gasteiger partial charge in [-0.1, -0.05) is 36.4 Å². The Morgan fingerprint density at radius 2 is 1.59 bits per heavy atom. The van der Waals surface area contributed by atoms with Crippen LogP contribution in [0.1, 0.15) is 10.8 Å². The molecule has 2 aromatic rings. The normalized spacial score (nSPS) is 11.9. The first kappa shape index (κ1) is 22.2. The van der Waals surface area contributed by atoms with Crippen molar-refractivity contribution in [3.63, 3.8) is 0 Å². The smallest absolute Gasteiger partial charge is 0.309 e. The lowest BCUT2D eigenvalue weighted by Crippen LogP contribution is -2.42. The Hall–Kier alpha value is -3.13. The molecule has 29 heavy (non-hydrogen) atoms. The molecule has 8 heteroatoms. The van der Waals surface area contributed by atoms with E-state index < -0.39 is 26.9 Å². The van der Waals surface area contributed by atoms with Crippen molar-refractivity contribution in [3.8, 4) is 0 Å². The Morgan fingerprint density at radius 1 is 1.00 bits per heavy atom. The molecule has 0 bridgehead atoms. The summed E-state index contributed by atoms with van der Waals surface area (Å²) in [6.07, 6.45) is 1.44. The summed E-state index contributed by atoms with van der Waals surface area (Å²) in [4.78, 5) is 25.8. The predicted molar refractivity (Wildman–Crippen MR) is 113 cm³/mol. The Balaban J connectivity index is 2.32. The van der Waals surface area contributed by atoms with Gasteiger partial charge in [0.05, 0.1) is 4.90 Å². The summed E-state index contributed by atoms with van der Waals surface area (Å²) >= 11 is 0. The van der Waals surface area contributed by atoms with Gasteiger partial charge in [0.15, 0.2) is 9.84 Å². The minimum Gasteiger partial charge on any atom is -0.378 e. The lowest BCUT2D eigenvalue weighted by molar-refractivity contribution is -0.139. The molecule has 0 aliphatic heterocycles. The van der Waals surface area contributed by atoms with Gasteiger partial charge in [0, 0.05) is 32.9 Å². The molecule has 0 heterocycles. The van der Waals surface area contributed by atoms with Gasteiger partial charge in [0.25, 0.3) is 0 Å². The maximum absolute atomic E-state index is 13.2. The molecule has 154 valence electrons. The van der Waals surface area contributed by atoms with E-state index in [0.29, 0.717) is 5.56 Å². The quantitative estimate of drug-likeness (QED) is 0.505. The van der Waals surface area contributed by atoms with Gasteiger partial charge in [0.2, 0.25) is 0 Å². The van der Waals surface area contributed by atoms with Crippen molar-refractivity contribution in [2.45, 2.75) is 10.1 Å². The van der Waals surface area contributed by atoms with E-state index in [1.54, 1.807) is 30.3 Å². The zero-order valence-corrected chi connectivity index (χ0v) is 17.3. The molecule has 0 spiro atoms. The summed E-state index contributed by atoms with van der Waals surface area (Å²) in [5, 5.41) is 3.75. The number of anilines is 1. The van der Waals surface area contributed by atoms with Crippen molar-refractivity contribution in [3.05, 3.63) is 72.8 Å². The molecular weight excluding hydrogens is 390 g/mol. The Bertz CT molecular complexity index is 955. The summed E-state index contributed by atoms with van der Waals surface area (Å²) in [6, 6.07) is 15.1. The lowest BCUT2D eigenvalue weighted by Gasteiger charge is -2.20. The van der Waals surface area contributed by atoms with Crippen molar-refractivity contribution in [1.29, 1.82) is 0 Å². The molecule has 2 amide bonds. The van der Waals surface area contributed by atoms with Gasteiger partial charge >= 0.3 is 11.8 Å². The average molecular weight is 416 g/mol. The van der Waals surface area contributed by atoms with Crippen LogP contribution in [0.5, 0.6) is 0 Å². The number of sulfone groups is 1. The first-order valence-corrected chi connectivity index (χ1v) is 10.5. The van der Waals surface area contributed by atoms with E-state index in [1.807, 2.05) is 31.1 Å². The predicted octanol–water partition coefficient (Wildman–Crippen LogP) is 1.69. The van der Waals surface area contributed by atoms with Crippen LogP contribution in [0, 0.1) is 0 Å². The van der Waals surface area contributed by atoms with Crippen LogP contribution in [-0.2, 0) is 19.4 Å². The number of carbonyl (C=O) groups excluding carboxylic acids is 2. The van der Waals surface area contributed by atoms with Gasteiger partial charge in [-0.25, -0.2) is 8.42 Å². The standard InChI is InChI=1S/C21H25N3O4S/c1-4-14-22-20(25)21(26)23-15-19(16-10-12-17(13-11-16)24(2)3)29(27,28)18-8-6-5-7-9-18/h4-13,19H,1,14-15H2,2-3H3,(H,22,25)(H,23,26)/t19-/m1/s1. The van der Waals surface area contributed by atoms with E-state index in [1.165, 1.54) is 18.2 Å². The molecule has 2 rings (SSSR count). The number of hydrogen-bond acceptors (Lipinski definition) is 5.